The summed E-state index contributed by atoms with van der Waals surface area (Å²) in [5.41, 5.74) is 1.67. The third-order valence-electron chi connectivity index (χ3n) is 5.73. The largest absolute Gasteiger partial charge is 0.381 e. The molecule has 0 aromatic carbocycles. The van der Waals surface area contributed by atoms with E-state index < -0.39 is 0 Å². The fourth-order valence-corrected chi connectivity index (χ4v) is 3.43. The van der Waals surface area contributed by atoms with Gasteiger partial charge >= 0.3 is 0 Å². The quantitative estimate of drug-likeness (QED) is 0.165. The van der Waals surface area contributed by atoms with Crippen molar-refractivity contribution < 1.29 is 14.3 Å². The fraction of sp³-hybridized carbons (Fsp3) is 0.818. The van der Waals surface area contributed by atoms with E-state index in [1.54, 1.807) is 18.7 Å². The van der Waals surface area contributed by atoms with Crippen LogP contribution in [0.3, 0.4) is 0 Å². The van der Waals surface area contributed by atoms with Crippen molar-refractivity contribution in [2.24, 2.45) is 18.0 Å². The second kappa shape index (κ2) is 27.7. The van der Waals surface area contributed by atoms with Crippen molar-refractivity contribution in [2.45, 2.75) is 114 Å². The van der Waals surface area contributed by atoms with Gasteiger partial charge in [-0.3, -0.25) is 14.5 Å². The zero-order valence-electron chi connectivity index (χ0n) is 29.8. The van der Waals surface area contributed by atoms with E-state index in [4.69, 9.17) is 4.74 Å². The Hall–Kier alpha value is -2.10. The number of amides is 1. The third kappa shape index (κ3) is 23.5. The molecule has 0 saturated heterocycles. The number of hydrogen-bond acceptors (Lipinski definition) is 7. The first-order chi connectivity index (χ1) is 19.7. The predicted octanol–water partition coefficient (Wildman–Crippen LogP) is 6.57. The number of hydrogen-bond donors (Lipinski definition) is 2. The van der Waals surface area contributed by atoms with Gasteiger partial charge in [0.1, 0.15) is 11.5 Å². The molecule has 0 saturated carbocycles. The van der Waals surface area contributed by atoms with Gasteiger partial charge in [0, 0.05) is 51.7 Å². The number of aliphatic imine (C=N–C) groups is 1. The van der Waals surface area contributed by atoms with Crippen molar-refractivity contribution in [1.82, 2.24) is 25.3 Å². The molecule has 0 atom stereocenters. The van der Waals surface area contributed by atoms with E-state index in [0.717, 1.165) is 38.3 Å². The average Bonchev–Trinajstić information content (AvgIpc) is 3.28. The molecule has 1 heterocycles. The lowest BCUT2D eigenvalue weighted by atomic mass is 9.91. The van der Waals surface area contributed by atoms with Crippen LogP contribution in [0.4, 0.5) is 5.69 Å². The molecule has 1 amide bonds. The van der Waals surface area contributed by atoms with E-state index in [9.17, 15) is 9.59 Å². The molecule has 248 valence electrons. The number of aryl methyl sites for hydroxylation is 1. The molecule has 1 rings (SSSR count). The van der Waals surface area contributed by atoms with Crippen LogP contribution in [0.5, 0.6) is 0 Å². The van der Waals surface area contributed by atoms with Crippen molar-refractivity contribution in [3.05, 3.63) is 11.4 Å². The highest BCUT2D eigenvalue weighted by Gasteiger charge is 2.28. The molecular weight excluding hydrogens is 528 g/mol. The molecule has 0 radical (unpaired) electrons. The lowest BCUT2D eigenvalue weighted by Crippen LogP contribution is -2.32. The molecule has 0 bridgehead atoms. The van der Waals surface area contributed by atoms with Gasteiger partial charge in [-0.05, 0) is 65.4 Å². The lowest BCUT2D eigenvalue weighted by molar-refractivity contribution is -0.116. The van der Waals surface area contributed by atoms with Crippen LogP contribution in [0.25, 0.3) is 0 Å². The number of aromatic nitrogens is 2. The number of nitrogens with zero attached hydrogens (tertiary/aromatic N) is 4. The Bertz CT molecular complexity index is 805. The van der Waals surface area contributed by atoms with Gasteiger partial charge < -0.3 is 25.1 Å². The van der Waals surface area contributed by atoms with Gasteiger partial charge in [0.05, 0.1) is 5.69 Å². The Balaban J connectivity index is -0.000000557. The van der Waals surface area contributed by atoms with Crippen LogP contribution in [0.15, 0.2) is 4.99 Å². The van der Waals surface area contributed by atoms with E-state index >= 15 is 0 Å². The SMILES string of the molecule is C=Nc1c(C(C)(C)C)nn(C)c1C(=O)NCC(C)C.CCC(C)=O.CCCN(CCC)CCNC.CCCOCCC. The van der Waals surface area contributed by atoms with Crippen LogP contribution in [-0.4, -0.2) is 86.1 Å². The summed E-state index contributed by atoms with van der Waals surface area (Å²) in [5.74, 6) is 0.506. The molecule has 2 N–H and O–H groups in total. The van der Waals surface area contributed by atoms with Crippen molar-refractivity contribution in [3.63, 3.8) is 0 Å². The highest BCUT2D eigenvalue weighted by atomic mass is 16.5. The summed E-state index contributed by atoms with van der Waals surface area (Å²) in [5, 5.41) is 10.5. The maximum atomic E-state index is 12.2. The monoisotopic (exact) mass is 597 g/mol. The van der Waals surface area contributed by atoms with Gasteiger partial charge in [-0.1, -0.05) is 69.2 Å². The number of carbonyl (C=O) groups excluding carboxylic acids is 2. The van der Waals surface area contributed by atoms with E-state index in [0.29, 0.717) is 30.3 Å². The number of likely N-dealkylation sites (N-methyl/N-ethyl adjacent to an activating group) is 1. The molecule has 9 nitrogen and oxygen atoms in total. The lowest BCUT2D eigenvalue weighted by Gasteiger charge is -2.20. The van der Waals surface area contributed by atoms with Gasteiger partial charge in [-0.25, -0.2) is 0 Å². The second-order valence-electron chi connectivity index (χ2n) is 11.8. The topological polar surface area (TPSA) is 101 Å². The Labute approximate surface area is 259 Å². The molecular formula is C33H68N6O3. The normalized spacial score (nSPS) is 10.6. The summed E-state index contributed by atoms with van der Waals surface area (Å²) < 4.78 is 6.72. The average molecular weight is 597 g/mol. The van der Waals surface area contributed by atoms with Crippen molar-refractivity contribution in [2.75, 3.05) is 53.0 Å². The van der Waals surface area contributed by atoms with Gasteiger partial charge in [0.25, 0.3) is 5.91 Å². The van der Waals surface area contributed by atoms with Crippen LogP contribution in [0.1, 0.15) is 124 Å². The number of ether oxygens (including phenoxy) is 1. The number of Topliss-reactive ketones (excluding diaryl/α,β-unsaturated/α-hetero) is 1. The van der Waals surface area contributed by atoms with Crippen LogP contribution < -0.4 is 10.6 Å². The van der Waals surface area contributed by atoms with Gasteiger partial charge in [0.2, 0.25) is 0 Å². The molecule has 0 fully saturated rings. The highest BCUT2D eigenvalue weighted by molar-refractivity contribution is 5.98. The minimum atomic E-state index is -0.176. The predicted molar refractivity (Wildman–Crippen MR) is 182 cm³/mol. The molecule has 42 heavy (non-hydrogen) atoms. The van der Waals surface area contributed by atoms with E-state index in [-0.39, 0.29) is 17.1 Å². The van der Waals surface area contributed by atoms with Gasteiger partial charge in [-0.15, -0.1) is 0 Å². The maximum absolute atomic E-state index is 12.2. The summed E-state index contributed by atoms with van der Waals surface area (Å²) in [6, 6.07) is 0. The van der Waals surface area contributed by atoms with Crippen molar-refractivity contribution >= 4 is 24.1 Å². The fourth-order valence-electron chi connectivity index (χ4n) is 3.43. The Morgan fingerprint density at radius 2 is 1.50 bits per heavy atom. The summed E-state index contributed by atoms with van der Waals surface area (Å²) in [7, 11) is 3.77. The molecule has 0 aliphatic rings. The first kappa shape index (κ1) is 44.3. The number of rotatable bonds is 16. The zero-order valence-corrected chi connectivity index (χ0v) is 29.8. The smallest absolute Gasteiger partial charge is 0.271 e. The highest BCUT2D eigenvalue weighted by Crippen LogP contribution is 2.33. The molecule has 0 aliphatic heterocycles. The molecule has 0 unspecified atom stereocenters. The first-order valence-electron chi connectivity index (χ1n) is 16.0. The first-order valence-corrected chi connectivity index (χ1v) is 16.0. The summed E-state index contributed by atoms with van der Waals surface area (Å²) in [6.45, 7) is 33.2. The van der Waals surface area contributed by atoms with Gasteiger partial charge in [-0.2, -0.15) is 5.10 Å². The minimum absolute atomic E-state index is 0.151. The number of ketones is 1. The van der Waals surface area contributed by atoms with Crippen LogP contribution >= 0.6 is 0 Å². The zero-order chi connectivity index (χ0) is 33.1. The van der Waals surface area contributed by atoms with Gasteiger partial charge in [0.15, 0.2) is 5.69 Å². The van der Waals surface area contributed by atoms with E-state index in [1.165, 1.54) is 32.5 Å². The molecule has 1 aromatic rings. The maximum Gasteiger partial charge on any atom is 0.271 e. The minimum Gasteiger partial charge on any atom is -0.381 e. The van der Waals surface area contributed by atoms with Crippen molar-refractivity contribution in [3.8, 4) is 0 Å². The molecule has 9 heteroatoms. The molecule has 0 aliphatic carbocycles. The Kier molecular flexibility index (Phi) is 29.3. The standard InChI is InChI=1S/C14H24N4O.C9H22N2.C6H14O.C4H8O/c1-9(2)8-16-13(19)11-10(15-6)12(14(3,4)5)17-18(11)7;1-4-7-11(8-5-2)9-6-10-3;1-3-5-7-6-4-2;1-3-4(2)5/h9H,6,8H2,1-5,7H3,(H,16,19);10H,4-9H2,1-3H3;3-6H2,1-2H3;3H2,1-2H3. The van der Waals surface area contributed by atoms with Crippen LogP contribution in [0, 0.1) is 5.92 Å². The number of nitrogens with one attached hydrogen (secondary N) is 2. The summed E-state index contributed by atoms with van der Waals surface area (Å²) in [6.07, 6.45) is 5.48. The van der Waals surface area contributed by atoms with Crippen molar-refractivity contribution in [1.29, 1.82) is 0 Å². The second-order valence-corrected chi connectivity index (χ2v) is 11.8. The van der Waals surface area contributed by atoms with Crippen LogP contribution in [0.2, 0.25) is 0 Å². The van der Waals surface area contributed by atoms with E-state index in [2.05, 4.69) is 73.9 Å². The molecule has 1 aromatic heterocycles. The van der Waals surface area contributed by atoms with Crippen LogP contribution in [-0.2, 0) is 22.0 Å². The Morgan fingerprint density at radius 1 is 1.00 bits per heavy atom. The van der Waals surface area contributed by atoms with E-state index in [1.807, 2.05) is 34.7 Å². The summed E-state index contributed by atoms with van der Waals surface area (Å²) >= 11 is 0. The molecule has 0 spiro atoms. The summed E-state index contributed by atoms with van der Waals surface area (Å²) in [4.78, 5) is 28.6. The third-order valence-corrected chi connectivity index (χ3v) is 5.73. The number of carbonyl (C=O) groups is 2. The Morgan fingerprint density at radius 3 is 1.83 bits per heavy atom.